The van der Waals surface area contributed by atoms with Gasteiger partial charge in [0.2, 0.25) is 0 Å². The minimum atomic E-state index is -0.531. The second-order valence-corrected chi connectivity index (χ2v) is 11.6. The molecule has 0 saturated heterocycles. The molecule has 42 heavy (non-hydrogen) atoms. The van der Waals surface area contributed by atoms with Crippen molar-refractivity contribution in [3.8, 4) is 16.5 Å². The highest BCUT2D eigenvalue weighted by Gasteiger charge is 2.22. The Bertz CT molecular complexity index is 1490. The van der Waals surface area contributed by atoms with Gasteiger partial charge in [-0.05, 0) is 46.3 Å². The van der Waals surface area contributed by atoms with E-state index in [1.54, 1.807) is 30.5 Å². The first-order valence-electron chi connectivity index (χ1n) is 13.8. The average molecular weight is 600 g/mol. The van der Waals surface area contributed by atoms with E-state index in [0.29, 0.717) is 49.5 Å². The molecule has 3 heterocycles. The van der Waals surface area contributed by atoms with Gasteiger partial charge in [-0.25, -0.2) is 19.0 Å². The maximum atomic E-state index is 15.0. The van der Waals surface area contributed by atoms with E-state index in [1.807, 2.05) is 45.4 Å². The molecule has 0 spiro atoms. The van der Waals surface area contributed by atoms with E-state index in [9.17, 15) is 14.0 Å². The lowest BCUT2D eigenvalue weighted by Gasteiger charge is -2.24. The lowest BCUT2D eigenvalue weighted by Crippen LogP contribution is -2.44. The third-order valence-corrected chi connectivity index (χ3v) is 7.55. The number of allylic oxidation sites excluding steroid dienone is 4. The van der Waals surface area contributed by atoms with Crippen LogP contribution in [0.2, 0.25) is 0 Å². The maximum absolute atomic E-state index is 15.0. The van der Waals surface area contributed by atoms with E-state index in [4.69, 9.17) is 9.47 Å². The fourth-order valence-electron chi connectivity index (χ4n) is 4.36. The molecule has 0 bridgehead atoms. The van der Waals surface area contributed by atoms with Crippen LogP contribution in [0.4, 0.5) is 14.0 Å². The van der Waals surface area contributed by atoms with Crippen LogP contribution in [-0.2, 0) is 18.3 Å². The molecule has 0 aliphatic heterocycles. The van der Waals surface area contributed by atoms with Crippen LogP contribution in [0.3, 0.4) is 0 Å². The zero-order valence-corrected chi connectivity index (χ0v) is 25.6. The van der Waals surface area contributed by atoms with E-state index in [-0.39, 0.29) is 29.9 Å². The van der Waals surface area contributed by atoms with Crippen LogP contribution in [0.25, 0.3) is 20.9 Å². The van der Waals surface area contributed by atoms with Gasteiger partial charge >= 0.3 is 12.1 Å². The fraction of sp³-hybridized carbons (Fsp3) is 0.448. The Hall–Kier alpha value is -3.97. The molecule has 4 rings (SSSR count). The van der Waals surface area contributed by atoms with E-state index in [1.165, 1.54) is 17.4 Å². The van der Waals surface area contributed by atoms with Gasteiger partial charge in [0.05, 0.1) is 40.1 Å². The highest BCUT2D eigenvalue weighted by Crippen LogP contribution is 2.39. The molecule has 3 aromatic heterocycles. The number of pyridine rings is 1. The van der Waals surface area contributed by atoms with Crippen LogP contribution in [0.1, 0.15) is 46.2 Å². The summed E-state index contributed by atoms with van der Waals surface area (Å²) in [7, 11) is 3.51. The number of amides is 4. The molecule has 0 aromatic carbocycles. The smallest absolute Gasteiger partial charge is 0.319 e. The van der Waals surface area contributed by atoms with E-state index < -0.39 is 5.83 Å². The maximum Gasteiger partial charge on any atom is 0.319 e. The predicted molar refractivity (Wildman–Crippen MR) is 161 cm³/mol. The molecule has 13 heteroatoms. The highest BCUT2D eigenvalue weighted by atomic mass is 32.1. The van der Waals surface area contributed by atoms with Gasteiger partial charge in [0, 0.05) is 57.2 Å². The SMILES string of the molecule is COCCN(Cc1cnc(-c2cc3nccc(OC4=C(F)C=C(NC(=O)NC(C)C)CC4)c3s2)n1C)C(=O)NC(C)C. The second-order valence-electron chi connectivity index (χ2n) is 10.6. The fourth-order valence-corrected chi connectivity index (χ4v) is 5.46. The van der Waals surface area contributed by atoms with Crippen molar-refractivity contribution in [2.45, 2.75) is 59.2 Å². The lowest BCUT2D eigenvalue weighted by atomic mass is 10.1. The van der Waals surface area contributed by atoms with Crippen molar-refractivity contribution in [1.29, 1.82) is 0 Å². The Labute approximate surface area is 248 Å². The largest absolute Gasteiger partial charge is 0.457 e. The van der Waals surface area contributed by atoms with E-state index in [0.717, 1.165) is 21.1 Å². The van der Waals surface area contributed by atoms with Crippen molar-refractivity contribution in [1.82, 2.24) is 35.4 Å². The zero-order valence-electron chi connectivity index (χ0n) is 24.8. The molecule has 0 atom stereocenters. The number of aromatic nitrogens is 3. The summed E-state index contributed by atoms with van der Waals surface area (Å²) < 4.78 is 28.9. The van der Waals surface area contributed by atoms with Gasteiger partial charge in [0.1, 0.15) is 17.3 Å². The van der Waals surface area contributed by atoms with Crippen LogP contribution in [0, 0.1) is 0 Å². The Balaban J connectivity index is 1.54. The molecule has 0 unspecified atom stereocenters. The molecule has 0 saturated carbocycles. The molecule has 4 amide bonds. The molecule has 11 nitrogen and oxygen atoms in total. The summed E-state index contributed by atoms with van der Waals surface area (Å²) in [5.74, 6) is 0.879. The number of hydrogen-bond donors (Lipinski definition) is 3. The molecular formula is C29H38FN7O4S. The number of fused-ring (bicyclic) bond motifs is 1. The lowest BCUT2D eigenvalue weighted by molar-refractivity contribution is 0.144. The summed E-state index contributed by atoms with van der Waals surface area (Å²) in [4.78, 5) is 36.4. The van der Waals surface area contributed by atoms with Crippen molar-refractivity contribution in [2.24, 2.45) is 7.05 Å². The minimum Gasteiger partial charge on any atom is -0.457 e. The number of ether oxygens (including phenoxy) is 2. The number of carbonyl (C=O) groups excluding carboxylic acids is 2. The average Bonchev–Trinajstić information content (AvgIpc) is 3.50. The summed E-state index contributed by atoms with van der Waals surface area (Å²) >= 11 is 1.45. The molecule has 0 radical (unpaired) electrons. The number of methoxy groups -OCH3 is 1. The highest BCUT2D eigenvalue weighted by molar-refractivity contribution is 7.22. The third kappa shape index (κ3) is 7.65. The summed E-state index contributed by atoms with van der Waals surface area (Å²) in [6.45, 7) is 8.76. The molecule has 3 aromatic rings. The molecule has 1 aliphatic rings. The molecule has 0 fully saturated rings. The number of hydrogen-bond acceptors (Lipinski definition) is 7. The Morgan fingerprint density at radius 3 is 2.62 bits per heavy atom. The number of nitrogens with one attached hydrogen (secondary N) is 3. The number of thiophene rings is 1. The van der Waals surface area contributed by atoms with Crippen LogP contribution in [0.5, 0.6) is 5.75 Å². The minimum absolute atomic E-state index is 0.0101. The summed E-state index contributed by atoms with van der Waals surface area (Å²) in [5.41, 5.74) is 2.05. The summed E-state index contributed by atoms with van der Waals surface area (Å²) in [5, 5.41) is 8.35. The quantitative estimate of drug-likeness (QED) is 0.278. The van der Waals surface area contributed by atoms with Crippen molar-refractivity contribution in [2.75, 3.05) is 20.3 Å². The van der Waals surface area contributed by atoms with Gasteiger partial charge in [-0.3, -0.25) is 4.98 Å². The first kappa shape index (κ1) is 31.0. The molecule has 226 valence electrons. The van der Waals surface area contributed by atoms with Crippen LogP contribution in [0.15, 0.2) is 47.9 Å². The molecule has 1 aliphatic carbocycles. The summed E-state index contributed by atoms with van der Waals surface area (Å²) in [6.07, 6.45) is 5.41. The Morgan fingerprint density at radius 2 is 1.93 bits per heavy atom. The number of rotatable bonds is 11. The van der Waals surface area contributed by atoms with Crippen LogP contribution >= 0.6 is 11.3 Å². The monoisotopic (exact) mass is 599 g/mol. The number of halogens is 1. The van der Waals surface area contributed by atoms with Gasteiger partial charge in [-0.1, -0.05) is 0 Å². The second kappa shape index (κ2) is 13.8. The van der Waals surface area contributed by atoms with Crippen molar-refractivity contribution in [3.05, 3.63) is 53.6 Å². The van der Waals surface area contributed by atoms with Gasteiger partial charge in [0.25, 0.3) is 0 Å². The first-order chi connectivity index (χ1) is 20.0. The molecular weight excluding hydrogens is 561 g/mol. The van der Waals surface area contributed by atoms with Gasteiger partial charge < -0.3 is 34.9 Å². The first-order valence-corrected chi connectivity index (χ1v) is 14.7. The van der Waals surface area contributed by atoms with Crippen LogP contribution in [-0.4, -0.2) is 63.8 Å². The van der Waals surface area contributed by atoms with Crippen molar-refractivity contribution >= 4 is 33.6 Å². The van der Waals surface area contributed by atoms with E-state index in [2.05, 4.69) is 25.9 Å². The standard InChI is InChI=1S/C29H38FN7O4S/c1-17(2)33-28(38)35-19-7-8-23(21(30)13-19)41-24-9-10-31-22-14-25(42-26(22)24)27-32-15-20(36(27)5)16-37(11-12-40-6)29(39)34-18(3)4/h9-10,13-15,17-18H,7-8,11-12,16H2,1-6H3,(H,34,39)(H2,33,35,38). The van der Waals surface area contributed by atoms with Crippen molar-refractivity contribution < 1.29 is 23.5 Å². The molecule has 3 N–H and O–H groups in total. The van der Waals surface area contributed by atoms with Crippen molar-refractivity contribution in [3.63, 3.8) is 0 Å². The topological polar surface area (TPSA) is 123 Å². The van der Waals surface area contributed by atoms with Crippen LogP contribution < -0.4 is 20.7 Å². The number of imidazole rings is 1. The third-order valence-electron chi connectivity index (χ3n) is 6.41. The van der Waals surface area contributed by atoms with Gasteiger partial charge in [-0.15, -0.1) is 11.3 Å². The van der Waals surface area contributed by atoms with Gasteiger partial charge in [-0.2, -0.15) is 0 Å². The number of nitrogens with zero attached hydrogens (tertiary/aromatic N) is 4. The zero-order chi connectivity index (χ0) is 30.4. The Kier molecular flexibility index (Phi) is 10.2. The Morgan fingerprint density at radius 1 is 1.17 bits per heavy atom. The van der Waals surface area contributed by atoms with E-state index >= 15 is 0 Å². The van der Waals surface area contributed by atoms with Gasteiger partial charge in [0.15, 0.2) is 5.83 Å². The number of carbonyl (C=O) groups is 2. The predicted octanol–water partition coefficient (Wildman–Crippen LogP) is 5.21. The normalized spacial score (nSPS) is 13.5. The summed E-state index contributed by atoms with van der Waals surface area (Å²) in [6, 6.07) is 3.08. The number of urea groups is 2.